The van der Waals surface area contributed by atoms with E-state index in [9.17, 15) is 0 Å². The van der Waals surface area contributed by atoms with E-state index in [1.807, 2.05) is 6.07 Å². The smallest absolute Gasteiger partial charge is 0.119 e. The van der Waals surface area contributed by atoms with Crippen molar-refractivity contribution in [2.75, 3.05) is 45.8 Å². The number of methoxy groups -OCH3 is 1. The SMILES string of the molecule is COc1cccc(CN2CC3(C[C@@H](OCC4CCOCC4)CS3)C2)c1. The second-order valence-electron chi connectivity index (χ2n) is 7.71. The minimum atomic E-state index is 0.444. The van der Waals surface area contributed by atoms with Gasteiger partial charge in [-0.15, -0.1) is 11.8 Å². The fourth-order valence-corrected chi connectivity index (χ4v) is 5.83. The molecular formula is C20H29NO3S. The molecule has 3 saturated heterocycles. The van der Waals surface area contributed by atoms with Crippen molar-refractivity contribution in [3.63, 3.8) is 0 Å². The maximum Gasteiger partial charge on any atom is 0.119 e. The zero-order valence-electron chi connectivity index (χ0n) is 15.1. The van der Waals surface area contributed by atoms with Crippen LogP contribution in [0.3, 0.4) is 0 Å². The van der Waals surface area contributed by atoms with Gasteiger partial charge in [0.15, 0.2) is 0 Å². The molecule has 0 saturated carbocycles. The van der Waals surface area contributed by atoms with Gasteiger partial charge in [0.2, 0.25) is 0 Å². The molecule has 0 aliphatic carbocycles. The first-order chi connectivity index (χ1) is 12.2. The van der Waals surface area contributed by atoms with Crippen molar-refractivity contribution in [3.8, 4) is 5.75 Å². The number of rotatable bonds is 6. The second kappa shape index (κ2) is 7.87. The molecule has 138 valence electrons. The molecular weight excluding hydrogens is 334 g/mol. The zero-order chi connectivity index (χ0) is 17.1. The van der Waals surface area contributed by atoms with Crippen molar-refractivity contribution >= 4 is 11.8 Å². The van der Waals surface area contributed by atoms with Gasteiger partial charge in [-0.1, -0.05) is 12.1 Å². The fourth-order valence-electron chi connectivity index (χ4n) is 4.22. The van der Waals surface area contributed by atoms with Gasteiger partial charge < -0.3 is 14.2 Å². The van der Waals surface area contributed by atoms with Crippen molar-refractivity contribution in [3.05, 3.63) is 29.8 Å². The number of thioether (sulfide) groups is 1. The third-order valence-electron chi connectivity index (χ3n) is 5.65. The average molecular weight is 364 g/mol. The Morgan fingerprint density at radius 3 is 2.92 bits per heavy atom. The lowest BCUT2D eigenvalue weighted by Gasteiger charge is -2.47. The number of hydrogen-bond acceptors (Lipinski definition) is 5. The standard InChI is InChI=1S/C20H29NO3S/c1-22-18-4-2-3-17(9-18)11-21-14-20(15-21)10-19(13-25-20)24-12-16-5-7-23-8-6-16/h2-4,9,16,19H,5-8,10-15H2,1H3/t19-/m1/s1. The van der Waals surface area contributed by atoms with E-state index in [1.54, 1.807) is 7.11 Å². The summed E-state index contributed by atoms with van der Waals surface area (Å²) in [5, 5.41) is 0. The van der Waals surface area contributed by atoms with E-state index in [2.05, 4.69) is 34.9 Å². The number of benzene rings is 1. The molecule has 0 radical (unpaired) electrons. The van der Waals surface area contributed by atoms with Crippen LogP contribution in [0.2, 0.25) is 0 Å². The summed E-state index contributed by atoms with van der Waals surface area (Å²) >= 11 is 2.13. The van der Waals surface area contributed by atoms with Crippen LogP contribution >= 0.6 is 11.8 Å². The van der Waals surface area contributed by atoms with E-state index in [1.165, 1.54) is 37.9 Å². The van der Waals surface area contributed by atoms with Gasteiger partial charge in [-0.3, -0.25) is 4.90 Å². The molecule has 0 N–H and O–H groups in total. The Balaban J connectivity index is 1.20. The molecule has 3 fully saturated rings. The van der Waals surface area contributed by atoms with Crippen LogP contribution in [0.1, 0.15) is 24.8 Å². The van der Waals surface area contributed by atoms with Gasteiger partial charge in [-0.05, 0) is 42.9 Å². The molecule has 0 amide bonds. The molecule has 3 heterocycles. The van der Waals surface area contributed by atoms with E-state index >= 15 is 0 Å². The van der Waals surface area contributed by atoms with Crippen molar-refractivity contribution in [1.82, 2.24) is 4.90 Å². The van der Waals surface area contributed by atoms with E-state index in [0.29, 0.717) is 16.8 Å². The van der Waals surface area contributed by atoms with Crippen LogP contribution in [0.25, 0.3) is 0 Å². The van der Waals surface area contributed by atoms with Crippen molar-refractivity contribution in [2.24, 2.45) is 5.92 Å². The lowest BCUT2D eigenvalue weighted by atomic mass is 9.92. The average Bonchev–Trinajstić information content (AvgIpc) is 3.05. The number of ether oxygens (including phenoxy) is 3. The third kappa shape index (κ3) is 4.33. The summed E-state index contributed by atoms with van der Waals surface area (Å²) in [6, 6.07) is 8.42. The molecule has 3 aliphatic heterocycles. The lowest BCUT2D eigenvalue weighted by molar-refractivity contribution is -0.0133. The van der Waals surface area contributed by atoms with Crippen LogP contribution in [0.4, 0.5) is 0 Å². The molecule has 5 heteroatoms. The Morgan fingerprint density at radius 2 is 2.12 bits per heavy atom. The second-order valence-corrected chi connectivity index (χ2v) is 9.19. The minimum absolute atomic E-state index is 0.444. The minimum Gasteiger partial charge on any atom is -0.497 e. The molecule has 25 heavy (non-hydrogen) atoms. The quantitative estimate of drug-likeness (QED) is 0.775. The lowest BCUT2D eigenvalue weighted by Crippen LogP contribution is -2.58. The normalized spacial score (nSPS) is 26.7. The van der Waals surface area contributed by atoms with E-state index in [4.69, 9.17) is 14.2 Å². The molecule has 0 unspecified atom stereocenters. The van der Waals surface area contributed by atoms with Gasteiger partial charge in [0.05, 0.1) is 13.2 Å². The van der Waals surface area contributed by atoms with Crippen LogP contribution in [-0.4, -0.2) is 61.5 Å². The van der Waals surface area contributed by atoms with Gasteiger partial charge >= 0.3 is 0 Å². The molecule has 1 aromatic rings. The molecule has 4 rings (SSSR count). The molecule has 4 nitrogen and oxygen atoms in total. The van der Waals surface area contributed by atoms with Crippen molar-refractivity contribution < 1.29 is 14.2 Å². The van der Waals surface area contributed by atoms with Gasteiger partial charge in [0, 0.05) is 50.0 Å². The zero-order valence-corrected chi connectivity index (χ0v) is 15.9. The van der Waals surface area contributed by atoms with Crippen LogP contribution < -0.4 is 4.74 Å². The van der Waals surface area contributed by atoms with Crippen LogP contribution in [0, 0.1) is 5.92 Å². The summed E-state index contributed by atoms with van der Waals surface area (Å²) < 4.78 is 17.4. The Kier molecular flexibility index (Phi) is 5.56. The maximum absolute atomic E-state index is 6.25. The fraction of sp³-hybridized carbons (Fsp3) is 0.700. The Bertz CT molecular complexity index is 570. The van der Waals surface area contributed by atoms with Crippen molar-refractivity contribution in [2.45, 2.75) is 36.7 Å². The van der Waals surface area contributed by atoms with Gasteiger partial charge in [-0.2, -0.15) is 0 Å². The molecule has 1 aromatic carbocycles. The molecule has 1 spiro atoms. The first-order valence-electron chi connectivity index (χ1n) is 9.43. The number of likely N-dealkylation sites (tertiary alicyclic amines) is 1. The summed E-state index contributed by atoms with van der Waals surface area (Å²) in [5.74, 6) is 2.82. The summed E-state index contributed by atoms with van der Waals surface area (Å²) in [6.07, 6.45) is 4.00. The van der Waals surface area contributed by atoms with E-state index in [-0.39, 0.29) is 0 Å². The highest BCUT2D eigenvalue weighted by Gasteiger charge is 2.49. The van der Waals surface area contributed by atoms with Gasteiger partial charge in [0.25, 0.3) is 0 Å². The topological polar surface area (TPSA) is 30.9 Å². The van der Waals surface area contributed by atoms with Crippen LogP contribution in [0.5, 0.6) is 5.75 Å². The predicted octanol–water partition coefficient (Wildman–Crippen LogP) is 3.20. The van der Waals surface area contributed by atoms with E-state index < -0.39 is 0 Å². The van der Waals surface area contributed by atoms with Crippen LogP contribution in [-0.2, 0) is 16.0 Å². The van der Waals surface area contributed by atoms with Gasteiger partial charge in [-0.25, -0.2) is 0 Å². The summed E-state index contributed by atoms with van der Waals surface area (Å²) in [4.78, 5) is 2.54. The van der Waals surface area contributed by atoms with Crippen molar-refractivity contribution in [1.29, 1.82) is 0 Å². The predicted molar refractivity (Wildman–Crippen MR) is 101 cm³/mol. The largest absolute Gasteiger partial charge is 0.497 e. The number of nitrogens with zero attached hydrogens (tertiary/aromatic N) is 1. The Hall–Kier alpha value is -0.750. The highest BCUT2D eigenvalue weighted by atomic mass is 32.2. The summed E-state index contributed by atoms with van der Waals surface area (Å²) in [7, 11) is 1.73. The van der Waals surface area contributed by atoms with Crippen LogP contribution in [0.15, 0.2) is 24.3 Å². The first kappa shape index (κ1) is 17.7. The monoisotopic (exact) mass is 363 g/mol. The molecule has 3 aliphatic rings. The summed E-state index contributed by atoms with van der Waals surface area (Å²) in [6.45, 7) is 6.15. The van der Waals surface area contributed by atoms with E-state index in [0.717, 1.165) is 37.9 Å². The summed E-state index contributed by atoms with van der Waals surface area (Å²) in [5.41, 5.74) is 1.34. The third-order valence-corrected chi connectivity index (χ3v) is 7.22. The maximum atomic E-state index is 6.25. The highest BCUT2D eigenvalue weighted by molar-refractivity contribution is 8.01. The molecule has 1 atom stereocenters. The highest BCUT2D eigenvalue weighted by Crippen LogP contribution is 2.46. The first-order valence-corrected chi connectivity index (χ1v) is 10.4. The number of hydrogen-bond donors (Lipinski definition) is 0. The van der Waals surface area contributed by atoms with Gasteiger partial charge in [0.1, 0.15) is 5.75 Å². The Labute approximate surface area is 155 Å². The Morgan fingerprint density at radius 1 is 1.28 bits per heavy atom. The molecule has 0 aromatic heterocycles. The molecule has 0 bridgehead atoms.